The summed E-state index contributed by atoms with van der Waals surface area (Å²) in [4.78, 5) is 25.2. The summed E-state index contributed by atoms with van der Waals surface area (Å²) in [6.07, 6.45) is 3.17. The molecule has 5 heteroatoms. The van der Waals surface area contributed by atoms with E-state index in [1.165, 1.54) is 16.8 Å². The van der Waals surface area contributed by atoms with Gasteiger partial charge in [-0.15, -0.1) is 6.58 Å². The van der Waals surface area contributed by atoms with Crippen molar-refractivity contribution in [3.05, 3.63) is 96.2 Å². The van der Waals surface area contributed by atoms with E-state index < -0.39 is 6.03 Å². The zero-order chi connectivity index (χ0) is 20.2. The van der Waals surface area contributed by atoms with E-state index in [-0.39, 0.29) is 18.1 Å². The third kappa shape index (κ3) is 4.04. The number of rotatable bonds is 6. The minimum atomic E-state index is -0.434. The third-order valence-corrected chi connectivity index (χ3v) is 4.68. The number of hydrogen-bond acceptors (Lipinski definition) is 3. The van der Waals surface area contributed by atoms with Gasteiger partial charge in [-0.2, -0.15) is 0 Å². The molecule has 3 aromatic carbocycles. The van der Waals surface area contributed by atoms with Gasteiger partial charge in [-0.25, -0.2) is 4.79 Å². The lowest BCUT2D eigenvalue weighted by Gasteiger charge is -2.08. The lowest BCUT2D eigenvalue weighted by molar-refractivity contribution is -0.122. The van der Waals surface area contributed by atoms with Crippen LogP contribution in [0.3, 0.4) is 0 Å². The smallest absolute Gasteiger partial charge is 0.329 e. The summed E-state index contributed by atoms with van der Waals surface area (Å²) >= 11 is 0. The topological polar surface area (TPSA) is 58.6 Å². The van der Waals surface area contributed by atoms with Gasteiger partial charge in [0.2, 0.25) is 0 Å². The second kappa shape index (κ2) is 8.02. The Bertz CT molecular complexity index is 1120. The van der Waals surface area contributed by atoms with Crippen LogP contribution in [-0.4, -0.2) is 23.4 Å². The summed E-state index contributed by atoms with van der Waals surface area (Å²) in [5, 5.41) is 4.97. The Labute approximate surface area is 168 Å². The lowest BCUT2D eigenvalue weighted by Crippen LogP contribution is -2.30. The SMILES string of the molecule is C=CCN1C(=O)N/C(=C/c2ccc(OCc3ccc4ccccc4c3)cc2)C1=O. The number of imide groups is 1. The molecule has 0 unspecified atom stereocenters. The van der Waals surface area contributed by atoms with Crippen LogP contribution in [0.2, 0.25) is 0 Å². The molecule has 144 valence electrons. The zero-order valence-corrected chi connectivity index (χ0v) is 15.8. The molecule has 0 spiro atoms. The highest BCUT2D eigenvalue weighted by Gasteiger charge is 2.32. The van der Waals surface area contributed by atoms with Crippen LogP contribution in [0.5, 0.6) is 5.75 Å². The predicted octanol–water partition coefficient (Wildman–Crippen LogP) is 4.50. The van der Waals surface area contributed by atoms with Gasteiger partial charge in [0, 0.05) is 6.54 Å². The maximum atomic E-state index is 12.2. The van der Waals surface area contributed by atoms with Crippen molar-refractivity contribution < 1.29 is 14.3 Å². The maximum absolute atomic E-state index is 12.2. The average Bonchev–Trinajstić information content (AvgIpc) is 3.01. The third-order valence-electron chi connectivity index (χ3n) is 4.68. The normalized spacial score (nSPS) is 15.0. The van der Waals surface area contributed by atoms with E-state index in [1.54, 1.807) is 6.08 Å². The number of ether oxygens (including phenoxy) is 1. The first-order valence-corrected chi connectivity index (χ1v) is 9.30. The first-order chi connectivity index (χ1) is 14.1. The summed E-state index contributed by atoms with van der Waals surface area (Å²) in [7, 11) is 0. The molecule has 0 saturated carbocycles. The van der Waals surface area contributed by atoms with Crippen molar-refractivity contribution in [3.8, 4) is 5.75 Å². The molecule has 0 aliphatic carbocycles. The number of amides is 3. The van der Waals surface area contributed by atoms with Gasteiger partial charge in [0.05, 0.1) is 0 Å². The first-order valence-electron chi connectivity index (χ1n) is 9.30. The van der Waals surface area contributed by atoms with Crippen molar-refractivity contribution >= 4 is 28.8 Å². The minimum absolute atomic E-state index is 0.184. The molecule has 1 aliphatic heterocycles. The van der Waals surface area contributed by atoms with Crippen LogP contribution in [0.15, 0.2) is 85.1 Å². The second-order valence-corrected chi connectivity index (χ2v) is 6.73. The molecule has 1 saturated heterocycles. The Balaban J connectivity index is 1.42. The van der Waals surface area contributed by atoms with Gasteiger partial charge in [0.15, 0.2) is 0 Å². The van der Waals surface area contributed by atoms with Gasteiger partial charge in [-0.3, -0.25) is 9.69 Å². The Morgan fingerprint density at radius 1 is 0.966 bits per heavy atom. The molecule has 3 amide bonds. The number of urea groups is 1. The number of nitrogens with one attached hydrogen (secondary N) is 1. The Hall–Kier alpha value is -3.86. The minimum Gasteiger partial charge on any atom is -0.489 e. The largest absolute Gasteiger partial charge is 0.489 e. The zero-order valence-electron chi connectivity index (χ0n) is 15.8. The van der Waals surface area contributed by atoms with E-state index in [4.69, 9.17) is 4.74 Å². The standard InChI is InChI=1S/C24H20N2O3/c1-2-13-26-23(27)22(25-24(26)28)15-17-8-11-21(12-9-17)29-16-18-7-10-19-5-3-4-6-20(19)14-18/h2-12,14-15H,1,13,16H2,(H,25,28)/b22-15+. The fourth-order valence-corrected chi connectivity index (χ4v) is 3.19. The van der Waals surface area contributed by atoms with Crippen molar-refractivity contribution in [1.29, 1.82) is 0 Å². The molecular weight excluding hydrogens is 364 g/mol. The van der Waals surface area contributed by atoms with Crippen LogP contribution < -0.4 is 10.1 Å². The summed E-state index contributed by atoms with van der Waals surface area (Å²) in [6.45, 7) is 4.21. The van der Waals surface area contributed by atoms with Crippen molar-refractivity contribution in [2.45, 2.75) is 6.61 Å². The van der Waals surface area contributed by atoms with Crippen molar-refractivity contribution in [2.75, 3.05) is 6.54 Å². The van der Waals surface area contributed by atoms with Gasteiger partial charge >= 0.3 is 6.03 Å². The van der Waals surface area contributed by atoms with E-state index in [9.17, 15) is 9.59 Å². The molecule has 1 N–H and O–H groups in total. The summed E-state index contributed by atoms with van der Waals surface area (Å²) < 4.78 is 5.88. The van der Waals surface area contributed by atoms with Crippen LogP contribution in [0.1, 0.15) is 11.1 Å². The van der Waals surface area contributed by atoms with E-state index in [1.807, 2.05) is 36.4 Å². The molecule has 4 rings (SSSR count). The lowest BCUT2D eigenvalue weighted by atomic mass is 10.1. The number of carbonyl (C=O) groups is 2. The molecule has 1 fully saturated rings. The Kier molecular flexibility index (Phi) is 5.12. The predicted molar refractivity (Wildman–Crippen MR) is 113 cm³/mol. The molecule has 0 radical (unpaired) electrons. The summed E-state index contributed by atoms with van der Waals surface area (Å²) in [6, 6.07) is 21.4. The molecule has 29 heavy (non-hydrogen) atoms. The molecule has 0 bridgehead atoms. The van der Waals surface area contributed by atoms with Crippen LogP contribution in [0.4, 0.5) is 4.79 Å². The van der Waals surface area contributed by atoms with E-state index >= 15 is 0 Å². The fraction of sp³-hybridized carbons (Fsp3) is 0.0833. The van der Waals surface area contributed by atoms with E-state index in [0.717, 1.165) is 21.8 Å². The number of benzene rings is 3. The van der Waals surface area contributed by atoms with Crippen LogP contribution >= 0.6 is 0 Å². The van der Waals surface area contributed by atoms with Crippen LogP contribution in [0, 0.1) is 0 Å². The monoisotopic (exact) mass is 384 g/mol. The van der Waals surface area contributed by atoms with Gasteiger partial charge in [-0.05, 0) is 46.2 Å². The second-order valence-electron chi connectivity index (χ2n) is 6.73. The molecule has 1 heterocycles. The summed E-state index contributed by atoms with van der Waals surface area (Å²) in [5.41, 5.74) is 2.14. The molecule has 1 aliphatic rings. The van der Waals surface area contributed by atoms with Crippen molar-refractivity contribution in [1.82, 2.24) is 10.2 Å². The van der Waals surface area contributed by atoms with Crippen molar-refractivity contribution in [2.24, 2.45) is 0 Å². The molecule has 3 aromatic rings. The fourth-order valence-electron chi connectivity index (χ4n) is 3.19. The molecule has 5 nitrogen and oxygen atoms in total. The average molecular weight is 384 g/mol. The molecule has 0 atom stereocenters. The maximum Gasteiger partial charge on any atom is 0.329 e. The van der Waals surface area contributed by atoms with Gasteiger partial charge in [-0.1, -0.05) is 54.6 Å². The highest BCUT2D eigenvalue weighted by atomic mass is 16.5. The molecular formula is C24H20N2O3. The number of fused-ring (bicyclic) bond motifs is 1. The van der Waals surface area contributed by atoms with Gasteiger partial charge in [0.25, 0.3) is 5.91 Å². The Morgan fingerprint density at radius 3 is 2.48 bits per heavy atom. The quantitative estimate of drug-likeness (QED) is 0.387. The molecule has 0 aromatic heterocycles. The highest BCUT2D eigenvalue weighted by molar-refractivity contribution is 6.14. The highest BCUT2D eigenvalue weighted by Crippen LogP contribution is 2.20. The first kappa shape index (κ1) is 18.5. The number of carbonyl (C=O) groups excluding carboxylic acids is 2. The number of hydrogen-bond donors (Lipinski definition) is 1. The van der Waals surface area contributed by atoms with Crippen LogP contribution in [0.25, 0.3) is 16.8 Å². The van der Waals surface area contributed by atoms with Crippen LogP contribution in [-0.2, 0) is 11.4 Å². The van der Waals surface area contributed by atoms with E-state index in [0.29, 0.717) is 6.61 Å². The van der Waals surface area contributed by atoms with Gasteiger partial charge < -0.3 is 10.1 Å². The van der Waals surface area contributed by atoms with Crippen molar-refractivity contribution in [3.63, 3.8) is 0 Å². The van der Waals surface area contributed by atoms with Gasteiger partial charge in [0.1, 0.15) is 18.1 Å². The Morgan fingerprint density at radius 2 is 1.72 bits per heavy atom. The number of nitrogens with zero attached hydrogens (tertiary/aromatic N) is 1. The van der Waals surface area contributed by atoms with E-state index in [2.05, 4.69) is 42.2 Å². The summed E-state index contributed by atoms with van der Waals surface area (Å²) in [5.74, 6) is 0.377.